The number of aromatic nitrogens is 1. The molecular formula is C28H26ClN3OS. The molecule has 2 aromatic carbocycles. The summed E-state index contributed by atoms with van der Waals surface area (Å²) >= 11 is 8.31. The first-order chi connectivity index (χ1) is 16.6. The molecule has 6 heteroatoms. The first kappa shape index (κ1) is 21.5. The quantitative estimate of drug-likeness (QED) is 0.312. The molecule has 1 aliphatic heterocycles. The Bertz CT molecular complexity index is 1370. The van der Waals surface area contributed by atoms with Gasteiger partial charge in [0.2, 0.25) is 0 Å². The molecule has 2 amide bonds. The average Bonchev–Trinajstić information content (AvgIpc) is 3.42. The summed E-state index contributed by atoms with van der Waals surface area (Å²) in [5.41, 5.74) is 6.80. The Labute approximate surface area is 208 Å². The number of carbonyl (C=O) groups is 1. The second-order valence-electron chi connectivity index (χ2n) is 9.18. The fourth-order valence-electron chi connectivity index (χ4n) is 5.25. The van der Waals surface area contributed by atoms with Crippen molar-refractivity contribution in [3.8, 4) is 5.00 Å². The standard InChI is InChI=1S/C28H26ClN3OS/c1-18-11-13-21(14-12-18)30-28(33)32-17-23-22-8-2-3-10-25(22)34-27(23)31-15-5-9-24(31)26(32)19-6-4-7-20(29)16-19/h4-7,9,11-16,26H,2-3,8,10,17H2,1H3,(H,30,33)/t26-/m0/s1. The van der Waals surface area contributed by atoms with E-state index in [9.17, 15) is 4.79 Å². The fourth-order valence-corrected chi connectivity index (χ4v) is 6.85. The fraction of sp³-hybridized carbons (Fsp3) is 0.250. The van der Waals surface area contributed by atoms with Crippen LogP contribution in [-0.2, 0) is 19.4 Å². The molecule has 1 N–H and O–H groups in total. The summed E-state index contributed by atoms with van der Waals surface area (Å²) in [5.74, 6) is 0. The molecule has 1 aliphatic carbocycles. The summed E-state index contributed by atoms with van der Waals surface area (Å²) in [6, 6.07) is 19.7. The van der Waals surface area contributed by atoms with E-state index >= 15 is 0 Å². The van der Waals surface area contributed by atoms with Gasteiger partial charge in [-0.1, -0.05) is 41.4 Å². The van der Waals surface area contributed by atoms with Gasteiger partial charge >= 0.3 is 6.03 Å². The van der Waals surface area contributed by atoms with Crippen LogP contribution in [0, 0.1) is 6.92 Å². The smallest absolute Gasteiger partial charge is 0.310 e. The number of urea groups is 1. The molecule has 0 unspecified atom stereocenters. The Balaban J connectivity index is 1.50. The van der Waals surface area contributed by atoms with Crippen molar-refractivity contribution in [2.75, 3.05) is 5.32 Å². The number of thiophene rings is 1. The number of nitrogens with one attached hydrogen (secondary N) is 1. The molecule has 0 spiro atoms. The maximum atomic E-state index is 13.9. The van der Waals surface area contributed by atoms with Gasteiger partial charge in [0.15, 0.2) is 0 Å². The zero-order valence-electron chi connectivity index (χ0n) is 19.1. The van der Waals surface area contributed by atoms with Crippen LogP contribution in [0.5, 0.6) is 0 Å². The van der Waals surface area contributed by atoms with Crippen LogP contribution >= 0.6 is 22.9 Å². The lowest BCUT2D eigenvalue weighted by Crippen LogP contribution is -2.38. The molecule has 2 aliphatic rings. The minimum absolute atomic E-state index is 0.106. The number of hydrogen-bond donors (Lipinski definition) is 1. The molecule has 4 nitrogen and oxygen atoms in total. The molecule has 0 saturated carbocycles. The molecule has 0 bridgehead atoms. The van der Waals surface area contributed by atoms with Crippen LogP contribution in [0.25, 0.3) is 5.00 Å². The van der Waals surface area contributed by atoms with Crippen LogP contribution in [0.15, 0.2) is 66.9 Å². The molecule has 4 aromatic rings. The van der Waals surface area contributed by atoms with Gasteiger partial charge in [0.1, 0.15) is 5.00 Å². The lowest BCUT2D eigenvalue weighted by atomic mass is 9.95. The van der Waals surface area contributed by atoms with Gasteiger partial charge in [-0.3, -0.25) is 0 Å². The van der Waals surface area contributed by atoms with Crippen molar-refractivity contribution in [2.24, 2.45) is 0 Å². The van der Waals surface area contributed by atoms with Gasteiger partial charge in [0.05, 0.1) is 18.3 Å². The average molecular weight is 488 g/mol. The van der Waals surface area contributed by atoms with Gasteiger partial charge in [-0.25, -0.2) is 4.79 Å². The number of aryl methyl sites for hydroxylation is 2. The van der Waals surface area contributed by atoms with E-state index < -0.39 is 0 Å². The summed E-state index contributed by atoms with van der Waals surface area (Å²) in [4.78, 5) is 17.3. The highest BCUT2D eigenvalue weighted by Gasteiger charge is 2.36. The van der Waals surface area contributed by atoms with Crippen molar-refractivity contribution in [1.29, 1.82) is 0 Å². The van der Waals surface area contributed by atoms with E-state index in [4.69, 9.17) is 11.6 Å². The third kappa shape index (κ3) is 3.73. The van der Waals surface area contributed by atoms with Crippen molar-refractivity contribution in [1.82, 2.24) is 9.47 Å². The van der Waals surface area contributed by atoms with Crippen LogP contribution < -0.4 is 5.32 Å². The topological polar surface area (TPSA) is 37.3 Å². The molecule has 34 heavy (non-hydrogen) atoms. The number of benzene rings is 2. The SMILES string of the molecule is Cc1ccc(NC(=O)N2Cc3c(sc4c3CCCC4)-n3cccc3[C@@H]2c2cccc(Cl)c2)cc1. The van der Waals surface area contributed by atoms with E-state index in [0.717, 1.165) is 35.3 Å². The number of anilines is 1. The number of hydrogen-bond acceptors (Lipinski definition) is 2. The molecule has 0 saturated heterocycles. The lowest BCUT2D eigenvalue weighted by Gasteiger charge is -2.31. The first-order valence-electron chi connectivity index (χ1n) is 11.8. The highest BCUT2D eigenvalue weighted by molar-refractivity contribution is 7.15. The minimum Gasteiger partial charge on any atom is -0.310 e. The van der Waals surface area contributed by atoms with E-state index in [1.54, 1.807) is 0 Å². The monoisotopic (exact) mass is 487 g/mol. The molecule has 0 fully saturated rings. The van der Waals surface area contributed by atoms with E-state index in [0.29, 0.717) is 11.6 Å². The van der Waals surface area contributed by atoms with E-state index in [-0.39, 0.29) is 12.1 Å². The number of nitrogens with zero attached hydrogens (tertiary/aromatic N) is 2. The number of amides is 2. The van der Waals surface area contributed by atoms with Gasteiger partial charge < -0.3 is 14.8 Å². The third-order valence-corrected chi connectivity index (χ3v) is 8.48. The molecule has 2 aromatic heterocycles. The first-order valence-corrected chi connectivity index (χ1v) is 13.0. The van der Waals surface area contributed by atoms with E-state index in [2.05, 4.69) is 34.3 Å². The highest BCUT2D eigenvalue weighted by Crippen LogP contribution is 2.44. The van der Waals surface area contributed by atoms with Crippen molar-refractivity contribution < 1.29 is 4.79 Å². The van der Waals surface area contributed by atoms with Gasteiger partial charge in [0, 0.05) is 27.3 Å². The van der Waals surface area contributed by atoms with Crippen molar-refractivity contribution >= 4 is 34.7 Å². The van der Waals surface area contributed by atoms with Gasteiger partial charge in [-0.15, -0.1) is 11.3 Å². The number of rotatable bonds is 2. The Hall–Kier alpha value is -3.02. The summed E-state index contributed by atoms with van der Waals surface area (Å²) < 4.78 is 2.29. The van der Waals surface area contributed by atoms with Crippen LogP contribution in [0.1, 0.15) is 51.7 Å². The minimum atomic E-state index is -0.252. The third-order valence-electron chi connectivity index (χ3n) is 6.91. The summed E-state index contributed by atoms with van der Waals surface area (Å²) in [5, 5.41) is 5.08. The van der Waals surface area contributed by atoms with Crippen LogP contribution in [0.2, 0.25) is 5.02 Å². The number of halogens is 1. The molecular weight excluding hydrogens is 462 g/mol. The second-order valence-corrected chi connectivity index (χ2v) is 10.7. The molecule has 172 valence electrons. The maximum absolute atomic E-state index is 13.9. The predicted octanol–water partition coefficient (Wildman–Crippen LogP) is 7.52. The zero-order valence-corrected chi connectivity index (χ0v) is 20.6. The molecule has 6 rings (SSSR count). The highest BCUT2D eigenvalue weighted by atomic mass is 35.5. The Morgan fingerprint density at radius 3 is 2.68 bits per heavy atom. The summed E-state index contributed by atoms with van der Waals surface area (Å²) in [7, 11) is 0. The Kier molecular flexibility index (Phi) is 5.47. The van der Waals surface area contributed by atoms with Crippen molar-refractivity contribution in [2.45, 2.75) is 45.2 Å². The van der Waals surface area contributed by atoms with Gasteiger partial charge in [0.25, 0.3) is 0 Å². The summed E-state index contributed by atoms with van der Waals surface area (Å²) in [6.45, 7) is 2.61. The zero-order chi connectivity index (χ0) is 23.2. The molecule has 3 heterocycles. The van der Waals surface area contributed by atoms with Crippen LogP contribution in [-0.4, -0.2) is 15.5 Å². The van der Waals surface area contributed by atoms with Crippen molar-refractivity contribution in [3.05, 3.63) is 105 Å². The number of fused-ring (bicyclic) bond motifs is 5. The predicted molar refractivity (Wildman–Crippen MR) is 139 cm³/mol. The van der Waals surface area contributed by atoms with Crippen LogP contribution in [0.3, 0.4) is 0 Å². The second kappa shape index (κ2) is 8.64. The van der Waals surface area contributed by atoms with Crippen molar-refractivity contribution in [3.63, 3.8) is 0 Å². The lowest BCUT2D eigenvalue weighted by molar-refractivity contribution is 0.194. The maximum Gasteiger partial charge on any atom is 0.322 e. The normalized spacial score (nSPS) is 16.9. The van der Waals surface area contributed by atoms with Gasteiger partial charge in [-0.05, 0) is 80.1 Å². The summed E-state index contributed by atoms with van der Waals surface area (Å²) in [6.07, 6.45) is 6.81. The van der Waals surface area contributed by atoms with Gasteiger partial charge in [-0.2, -0.15) is 0 Å². The largest absolute Gasteiger partial charge is 0.322 e. The number of carbonyl (C=O) groups excluding carboxylic acids is 1. The molecule has 0 radical (unpaired) electrons. The Morgan fingerprint density at radius 2 is 1.85 bits per heavy atom. The molecule has 1 atom stereocenters. The van der Waals surface area contributed by atoms with E-state index in [1.807, 2.05) is 65.6 Å². The van der Waals surface area contributed by atoms with Crippen LogP contribution in [0.4, 0.5) is 10.5 Å². The Morgan fingerprint density at radius 1 is 1.03 bits per heavy atom. The van der Waals surface area contributed by atoms with E-state index in [1.165, 1.54) is 33.8 Å².